The molecule has 0 aliphatic heterocycles. The van der Waals surface area contributed by atoms with Gasteiger partial charge < -0.3 is 21.1 Å². The number of carbonyl (C=O) groups is 2. The molecule has 0 fully saturated rings. The summed E-state index contributed by atoms with van der Waals surface area (Å²) in [5, 5.41) is 5.77. The molecule has 0 aliphatic rings. The van der Waals surface area contributed by atoms with E-state index in [4.69, 9.17) is 0 Å². The number of halogens is 1. The molecule has 32 heavy (non-hydrogen) atoms. The second kappa shape index (κ2) is 12.0. The van der Waals surface area contributed by atoms with Crippen LogP contribution in [0.5, 0.6) is 0 Å². The molecule has 172 valence electrons. The first-order valence-corrected chi connectivity index (χ1v) is 10.1. The number of H-pyrrole nitrogens is 1. The first-order chi connectivity index (χ1) is 14.3. The molecular formula is C24H31ClN4O3. The Morgan fingerprint density at radius 1 is 1.00 bits per heavy atom. The van der Waals surface area contributed by atoms with Gasteiger partial charge in [0.1, 0.15) is 5.82 Å². The number of para-hydroxylation sites is 1. The zero-order valence-corrected chi connectivity index (χ0v) is 19.4. The molecule has 1 aromatic heterocycles. The van der Waals surface area contributed by atoms with Gasteiger partial charge in [-0.1, -0.05) is 45.0 Å². The van der Waals surface area contributed by atoms with Gasteiger partial charge in [0, 0.05) is 30.9 Å². The summed E-state index contributed by atoms with van der Waals surface area (Å²) in [5.41, 5.74) is 2.67. The summed E-state index contributed by atoms with van der Waals surface area (Å²) in [7, 11) is 0. The summed E-state index contributed by atoms with van der Waals surface area (Å²) < 4.78 is 0. The smallest absolute Gasteiger partial charge is 0.255 e. The quantitative estimate of drug-likeness (QED) is 0.465. The van der Waals surface area contributed by atoms with Crippen molar-refractivity contribution < 1.29 is 15.1 Å². The Balaban J connectivity index is 0.00000256. The number of benzene rings is 2. The third-order valence-electron chi connectivity index (χ3n) is 4.86. The maximum Gasteiger partial charge on any atom is 0.255 e. The molecule has 7 nitrogen and oxygen atoms in total. The average Bonchev–Trinajstić information content (AvgIpc) is 3.24. The van der Waals surface area contributed by atoms with Crippen LogP contribution in [-0.4, -0.2) is 33.8 Å². The Kier molecular flexibility index (Phi) is 10.1. The molecule has 0 aliphatic carbocycles. The zero-order valence-electron chi connectivity index (χ0n) is 18.6. The molecule has 1 heterocycles. The van der Waals surface area contributed by atoms with E-state index in [1.54, 1.807) is 36.7 Å². The summed E-state index contributed by atoms with van der Waals surface area (Å²) in [5.74, 6) is 0.441. The van der Waals surface area contributed by atoms with Crippen LogP contribution in [0.25, 0.3) is 0 Å². The summed E-state index contributed by atoms with van der Waals surface area (Å²) in [6.07, 6.45) is 5.02. The highest BCUT2D eigenvalue weighted by molar-refractivity contribution is 6.09. The van der Waals surface area contributed by atoms with Crippen LogP contribution in [0, 0.1) is 0 Å². The van der Waals surface area contributed by atoms with Crippen LogP contribution < -0.4 is 10.6 Å². The maximum absolute atomic E-state index is 12.7. The number of amides is 2. The van der Waals surface area contributed by atoms with Gasteiger partial charge in [0.25, 0.3) is 11.8 Å². The van der Waals surface area contributed by atoms with Crippen LogP contribution in [0.2, 0.25) is 0 Å². The first-order valence-electron chi connectivity index (χ1n) is 10.1. The average molecular weight is 459 g/mol. The first kappa shape index (κ1) is 26.9. The lowest BCUT2D eigenvalue weighted by Crippen LogP contribution is -2.26. The van der Waals surface area contributed by atoms with Crippen molar-refractivity contribution >= 4 is 29.9 Å². The van der Waals surface area contributed by atoms with E-state index in [1.807, 2.05) is 24.3 Å². The number of hydrogen-bond donors (Lipinski definition) is 3. The minimum absolute atomic E-state index is 0. The van der Waals surface area contributed by atoms with Gasteiger partial charge in [-0.2, -0.15) is 0 Å². The number of aromatic amines is 1. The lowest BCUT2D eigenvalue weighted by atomic mass is 9.86. The molecule has 2 aromatic carbocycles. The Labute approximate surface area is 194 Å². The zero-order chi connectivity index (χ0) is 21.6. The van der Waals surface area contributed by atoms with Gasteiger partial charge in [0.15, 0.2) is 0 Å². The molecule has 0 saturated carbocycles. The van der Waals surface area contributed by atoms with Crippen molar-refractivity contribution in [3.8, 4) is 0 Å². The number of imidazole rings is 1. The number of rotatable bonds is 7. The molecule has 3 rings (SSSR count). The standard InChI is InChI=1S/C24H28N4O2.ClH.H2O/c1-24(2,3)18-12-10-17(11-13-18)22(29)28-20-8-5-4-7-19(20)23(30)27-14-6-9-21-25-15-16-26-21;;/h4-5,7-8,10-13,15-16H,6,9,14H2,1-3H3,(H,25,26)(H,27,30)(H,28,29);1H;1H2. The molecule has 2 amide bonds. The fourth-order valence-corrected chi connectivity index (χ4v) is 3.09. The lowest BCUT2D eigenvalue weighted by molar-refractivity contribution is 0.0954. The second-order valence-electron chi connectivity index (χ2n) is 8.22. The van der Waals surface area contributed by atoms with Crippen LogP contribution in [0.1, 0.15) is 59.3 Å². The molecule has 0 radical (unpaired) electrons. The van der Waals surface area contributed by atoms with Gasteiger partial charge in [0.05, 0.1) is 11.3 Å². The van der Waals surface area contributed by atoms with Gasteiger partial charge in [-0.15, -0.1) is 12.4 Å². The van der Waals surface area contributed by atoms with Crippen molar-refractivity contribution in [3.63, 3.8) is 0 Å². The summed E-state index contributed by atoms with van der Waals surface area (Å²) in [4.78, 5) is 32.5. The van der Waals surface area contributed by atoms with Crippen molar-refractivity contribution in [2.45, 2.75) is 39.0 Å². The highest BCUT2D eigenvalue weighted by Gasteiger charge is 2.16. The number of nitrogens with one attached hydrogen (secondary N) is 3. The fraction of sp³-hybridized carbons (Fsp3) is 0.292. The summed E-state index contributed by atoms with van der Waals surface area (Å²) >= 11 is 0. The van der Waals surface area contributed by atoms with Gasteiger partial charge in [-0.25, -0.2) is 4.98 Å². The molecule has 5 N–H and O–H groups in total. The maximum atomic E-state index is 12.7. The fourth-order valence-electron chi connectivity index (χ4n) is 3.09. The minimum atomic E-state index is -0.242. The molecule has 8 heteroatoms. The number of nitrogens with zero attached hydrogens (tertiary/aromatic N) is 1. The van der Waals surface area contributed by atoms with Gasteiger partial charge >= 0.3 is 0 Å². The molecule has 0 unspecified atom stereocenters. The van der Waals surface area contributed by atoms with Gasteiger partial charge in [-0.05, 0) is 41.7 Å². The molecule has 0 atom stereocenters. The number of aryl methyl sites for hydroxylation is 1. The van der Waals surface area contributed by atoms with Crippen molar-refractivity contribution in [1.82, 2.24) is 15.3 Å². The van der Waals surface area contributed by atoms with Crippen LogP contribution in [0.4, 0.5) is 5.69 Å². The van der Waals surface area contributed by atoms with Crippen LogP contribution in [-0.2, 0) is 11.8 Å². The Morgan fingerprint density at radius 3 is 2.31 bits per heavy atom. The van der Waals surface area contributed by atoms with Crippen LogP contribution in [0.15, 0.2) is 60.9 Å². The molecule has 0 spiro atoms. The van der Waals surface area contributed by atoms with Crippen LogP contribution >= 0.6 is 12.4 Å². The largest absolute Gasteiger partial charge is 0.412 e. The third kappa shape index (κ3) is 7.21. The van der Waals surface area contributed by atoms with E-state index in [2.05, 4.69) is 41.4 Å². The Bertz CT molecular complexity index is 997. The van der Waals surface area contributed by atoms with E-state index < -0.39 is 0 Å². The van der Waals surface area contributed by atoms with Crippen molar-refractivity contribution in [2.24, 2.45) is 0 Å². The molecule has 0 saturated heterocycles. The minimum Gasteiger partial charge on any atom is -0.412 e. The van der Waals surface area contributed by atoms with E-state index in [0.717, 1.165) is 24.2 Å². The van der Waals surface area contributed by atoms with E-state index in [-0.39, 0.29) is 35.1 Å². The molecule has 0 bridgehead atoms. The van der Waals surface area contributed by atoms with Crippen molar-refractivity contribution in [2.75, 3.05) is 11.9 Å². The molecule has 3 aromatic rings. The predicted octanol–water partition coefficient (Wildman–Crippen LogP) is 3.92. The highest BCUT2D eigenvalue weighted by Crippen LogP contribution is 2.23. The van der Waals surface area contributed by atoms with Crippen LogP contribution in [0.3, 0.4) is 0 Å². The lowest BCUT2D eigenvalue weighted by Gasteiger charge is -2.19. The van der Waals surface area contributed by atoms with Crippen molar-refractivity contribution in [1.29, 1.82) is 0 Å². The monoisotopic (exact) mass is 458 g/mol. The van der Waals surface area contributed by atoms with E-state index in [1.165, 1.54) is 0 Å². The Hall–Kier alpha value is -3.16. The molecular weight excluding hydrogens is 428 g/mol. The Morgan fingerprint density at radius 2 is 1.69 bits per heavy atom. The van der Waals surface area contributed by atoms with E-state index in [0.29, 0.717) is 23.4 Å². The van der Waals surface area contributed by atoms with Gasteiger partial charge in [0.2, 0.25) is 0 Å². The number of anilines is 1. The normalized spacial score (nSPS) is 10.5. The SMILES string of the molecule is CC(C)(C)c1ccc(C(=O)Nc2ccccc2C(=O)NCCCc2ncc[nH]2)cc1.Cl.O. The van der Waals surface area contributed by atoms with Crippen molar-refractivity contribution in [3.05, 3.63) is 83.4 Å². The highest BCUT2D eigenvalue weighted by atomic mass is 35.5. The third-order valence-corrected chi connectivity index (χ3v) is 4.86. The van der Waals surface area contributed by atoms with E-state index in [9.17, 15) is 9.59 Å². The predicted molar refractivity (Wildman–Crippen MR) is 130 cm³/mol. The summed E-state index contributed by atoms with van der Waals surface area (Å²) in [6.45, 7) is 6.92. The second-order valence-corrected chi connectivity index (χ2v) is 8.22. The van der Waals surface area contributed by atoms with Gasteiger partial charge in [-0.3, -0.25) is 9.59 Å². The number of carbonyl (C=O) groups excluding carboxylic acids is 2. The number of hydrogen-bond acceptors (Lipinski definition) is 3. The van der Waals surface area contributed by atoms with E-state index >= 15 is 0 Å². The number of aromatic nitrogens is 2. The topological polar surface area (TPSA) is 118 Å². The summed E-state index contributed by atoms with van der Waals surface area (Å²) in [6, 6.07) is 14.6.